The number of carboxylic acids is 1. The van der Waals surface area contributed by atoms with Crippen molar-refractivity contribution in [3.8, 4) is 0 Å². The maximum Gasteiger partial charge on any atom is 0.318 e. The van der Waals surface area contributed by atoms with Crippen LogP contribution in [0.3, 0.4) is 0 Å². The number of aliphatic carboxylic acids is 1. The van der Waals surface area contributed by atoms with Crippen molar-refractivity contribution in [1.82, 2.24) is 15.2 Å². The monoisotopic (exact) mass is 235 g/mol. The van der Waals surface area contributed by atoms with Crippen molar-refractivity contribution in [3.05, 3.63) is 30.1 Å². The Hall–Kier alpha value is -2.11. The Morgan fingerprint density at radius 3 is 2.88 bits per heavy atom. The van der Waals surface area contributed by atoms with Gasteiger partial charge < -0.3 is 15.3 Å². The first kappa shape index (κ1) is 11.4. The van der Waals surface area contributed by atoms with Gasteiger partial charge >= 0.3 is 12.0 Å². The maximum atomic E-state index is 11.6. The van der Waals surface area contributed by atoms with E-state index in [1.54, 1.807) is 12.4 Å². The maximum absolute atomic E-state index is 11.6. The van der Waals surface area contributed by atoms with Gasteiger partial charge in [-0.05, 0) is 17.7 Å². The highest BCUT2D eigenvalue weighted by Crippen LogP contribution is 2.19. The van der Waals surface area contributed by atoms with Crippen LogP contribution < -0.4 is 5.32 Å². The molecule has 2 heterocycles. The summed E-state index contributed by atoms with van der Waals surface area (Å²) in [4.78, 5) is 27.4. The lowest BCUT2D eigenvalue weighted by atomic mass is 10.1. The van der Waals surface area contributed by atoms with E-state index in [0.29, 0.717) is 6.54 Å². The second kappa shape index (κ2) is 4.82. The molecule has 1 aromatic heterocycles. The van der Waals surface area contributed by atoms with Crippen LogP contribution >= 0.6 is 0 Å². The molecule has 1 unspecified atom stereocenters. The molecule has 1 aliphatic rings. The lowest BCUT2D eigenvalue weighted by molar-refractivity contribution is -0.137. The number of pyridine rings is 1. The third-order valence-electron chi connectivity index (χ3n) is 2.69. The van der Waals surface area contributed by atoms with Crippen molar-refractivity contribution in [3.63, 3.8) is 0 Å². The molecule has 6 heteroatoms. The number of nitrogens with one attached hydrogen (secondary N) is 1. The van der Waals surface area contributed by atoms with E-state index in [-0.39, 0.29) is 25.0 Å². The van der Waals surface area contributed by atoms with E-state index in [4.69, 9.17) is 5.11 Å². The molecule has 1 atom stereocenters. The van der Waals surface area contributed by atoms with Crippen LogP contribution in [-0.2, 0) is 4.79 Å². The number of carboxylic acid groups (broad SMARTS) is 1. The molecule has 1 aliphatic heterocycles. The predicted molar refractivity (Wildman–Crippen MR) is 59.3 cm³/mol. The van der Waals surface area contributed by atoms with Gasteiger partial charge in [0.25, 0.3) is 0 Å². The molecule has 17 heavy (non-hydrogen) atoms. The van der Waals surface area contributed by atoms with Crippen molar-refractivity contribution in [1.29, 1.82) is 0 Å². The number of rotatable bonds is 4. The van der Waals surface area contributed by atoms with Crippen molar-refractivity contribution < 1.29 is 14.7 Å². The SMILES string of the molecule is O=C(O)CCN1CC(c2ccncc2)NC1=O. The molecule has 1 fully saturated rings. The van der Waals surface area contributed by atoms with Gasteiger partial charge in [0.2, 0.25) is 0 Å². The van der Waals surface area contributed by atoms with E-state index in [0.717, 1.165) is 5.56 Å². The molecule has 2 N–H and O–H groups in total. The zero-order valence-electron chi connectivity index (χ0n) is 9.17. The molecule has 0 bridgehead atoms. The molecule has 0 saturated carbocycles. The quantitative estimate of drug-likeness (QED) is 0.801. The van der Waals surface area contributed by atoms with Gasteiger partial charge in [0, 0.05) is 25.5 Å². The average molecular weight is 235 g/mol. The number of carbonyl (C=O) groups is 2. The zero-order chi connectivity index (χ0) is 12.3. The normalized spacial score (nSPS) is 19.2. The van der Waals surface area contributed by atoms with Crippen molar-refractivity contribution >= 4 is 12.0 Å². The molecule has 2 rings (SSSR count). The standard InChI is InChI=1S/C11H13N3O3/c15-10(16)3-6-14-7-9(13-11(14)17)8-1-4-12-5-2-8/h1-2,4-5,9H,3,6-7H2,(H,13,17)(H,15,16). The summed E-state index contributed by atoms with van der Waals surface area (Å²) in [6.07, 6.45) is 3.30. The molecule has 1 saturated heterocycles. The summed E-state index contributed by atoms with van der Waals surface area (Å²) in [7, 11) is 0. The van der Waals surface area contributed by atoms with Crippen LogP contribution in [0.5, 0.6) is 0 Å². The summed E-state index contributed by atoms with van der Waals surface area (Å²) in [5.41, 5.74) is 0.978. The smallest absolute Gasteiger partial charge is 0.318 e. The molecule has 90 valence electrons. The summed E-state index contributed by atoms with van der Waals surface area (Å²) in [6, 6.07) is 3.38. The van der Waals surface area contributed by atoms with Gasteiger partial charge in [-0.3, -0.25) is 9.78 Å². The summed E-state index contributed by atoms with van der Waals surface area (Å²) < 4.78 is 0. The van der Waals surface area contributed by atoms with E-state index in [2.05, 4.69) is 10.3 Å². The fourth-order valence-electron chi connectivity index (χ4n) is 1.80. The number of nitrogens with zero attached hydrogens (tertiary/aromatic N) is 2. The molecule has 6 nitrogen and oxygen atoms in total. The topological polar surface area (TPSA) is 82.5 Å². The van der Waals surface area contributed by atoms with E-state index in [1.807, 2.05) is 12.1 Å². The number of amides is 2. The summed E-state index contributed by atoms with van der Waals surface area (Å²) >= 11 is 0. The molecular formula is C11H13N3O3. The first-order valence-corrected chi connectivity index (χ1v) is 5.34. The molecule has 0 aliphatic carbocycles. The first-order chi connectivity index (χ1) is 8.16. The Morgan fingerprint density at radius 2 is 2.24 bits per heavy atom. The Morgan fingerprint density at radius 1 is 1.53 bits per heavy atom. The second-order valence-corrected chi connectivity index (χ2v) is 3.87. The van der Waals surface area contributed by atoms with Gasteiger partial charge in [-0.1, -0.05) is 0 Å². The highest BCUT2D eigenvalue weighted by atomic mass is 16.4. The summed E-state index contributed by atoms with van der Waals surface area (Å²) in [5, 5.41) is 11.4. The van der Waals surface area contributed by atoms with Crippen LogP contribution in [-0.4, -0.2) is 40.1 Å². The molecule has 0 aromatic carbocycles. The minimum atomic E-state index is -0.898. The Bertz CT molecular complexity index is 421. The van der Waals surface area contributed by atoms with Crippen LogP contribution in [0.4, 0.5) is 4.79 Å². The Kier molecular flexibility index (Phi) is 3.22. The summed E-state index contributed by atoms with van der Waals surface area (Å²) in [6.45, 7) is 0.735. The number of hydrogen-bond acceptors (Lipinski definition) is 3. The average Bonchev–Trinajstić information content (AvgIpc) is 2.69. The minimum Gasteiger partial charge on any atom is -0.481 e. The highest BCUT2D eigenvalue weighted by Gasteiger charge is 2.29. The van der Waals surface area contributed by atoms with Crippen LogP contribution in [0, 0.1) is 0 Å². The molecule has 0 radical (unpaired) electrons. The van der Waals surface area contributed by atoms with E-state index >= 15 is 0 Å². The Balaban J connectivity index is 1.97. The fraction of sp³-hybridized carbons (Fsp3) is 0.364. The van der Waals surface area contributed by atoms with Crippen LogP contribution in [0.25, 0.3) is 0 Å². The molecular weight excluding hydrogens is 222 g/mol. The lowest BCUT2D eigenvalue weighted by Gasteiger charge is -2.12. The largest absolute Gasteiger partial charge is 0.481 e. The number of urea groups is 1. The van der Waals surface area contributed by atoms with E-state index < -0.39 is 5.97 Å². The Labute approximate surface area is 98.3 Å². The molecule has 0 spiro atoms. The number of carbonyl (C=O) groups excluding carboxylic acids is 1. The first-order valence-electron chi connectivity index (χ1n) is 5.34. The van der Waals surface area contributed by atoms with Crippen molar-refractivity contribution in [2.24, 2.45) is 0 Å². The third-order valence-corrected chi connectivity index (χ3v) is 2.69. The van der Waals surface area contributed by atoms with Gasteiger partial charge in [0.15, 0.2) is 0 Å². The van der Waals surface area contributed by atoms with Crippen LogP contribution in [0.1, 0.15) is 18.0 Å². The van der Waals surface area contributed by atoms with Crippen LogP contribution in [0.15, 0.2) is 24.5 Å². The van der Waals surface area contributed by atoms with Gasteiger partial charge in [-0.2, -0.15) is 0 Å². The number of hydrogen-bond donors (Lipinski definition) is 2. The van der Waals surface area contributed by atoms with Gasteiger partial charge in [-0.25, -0.2) is 4.79 Å². The van der Waals surface area contributed by atoms with Gasteiger partial charge in [0.05, 0.1) is 12.5 Å². The van der Waals surface area contributed by atoms with Crippen LogP contribution in [0.2, 0.25) is 0 Å². The fourth-order valence-corrected chi connectivity index (χ4v) is 1.80. The van der Waals surface area contributed by atoms with E-state index in [9.17, 15) is 9.59 Å². The predicted octanol–water partition coefficient (Wildman–Crippen LogP) is 0.623. The van der Waals surface area contributed by atoms with E-state index in [1.165, 1.54) is 4.90 Å². The van der Waals surface area contributed by atoms with Crippen molar-refractivity contribution in [2.75, 3.05) is 13.1 Å². The third kappa shape index (κ3) is 2.72. The molecule has 2 amide bonds. The second-order valence-electron chi connectivity index (χ2n) is 3.87. The highest BCUT2D eigenvalue weighted by molar-refractivity contribution is 5.78. The summed E-state index contributed by atoms with van der Waals surface area (Å²) in [5.74, 6) is -0.898. The number of aromatic nitrogens is 1. The minimum absolute atomic E-state index is 0.0313. The lowest BCUT2D eigenvalue weighted by Crippen LogP contribution is -2.30. The van der Waals surface area contributed by atoms with Gasteiger partial charge in [0.1, 0.15) is 0 Å². The van der Waals surface area contributed by atoms with Gasteiger partial charge in [-0.15, -0.1) is 0 Å². The zero-order valence-corrected chi connectivity index (χ0v) is 9.17. The molecule has 1 aromatic rings. The van der Waals surface area contributed by atoms with Crippen molar-refractivity contribution in [2.45, 2.75) is 12.5 Å².